The van der Waals surface area contributed by atoms with E-state index in [1.54, 1.807) is 19.1 Å². The van der Waals surface area contributed by atoms with Crippen LogP contribution in [0.15, 0.2) is 18.2 Å². The second-order valence-corrected chi connectivity index (χ2v) is 5.11. The van der Waals surface area contributed by atoms with Gasteiger partial charge in [0.25, 0.3) is 11.6 Å². The zero-order valence-electron chi connectivity index (χ0n) is 11.9. The molecule has 1 saturated heterocycles. The molecule has 7 heteroatoms. The molecule has 21 heavy (non-hydrogen) atoms. The van der Waals surface area contributed by atoms with E-state index in [0.717, 1.165) is 25.9 Å². The van der Waals surface area contributed by atoms with Gasteiger partial charge in [-0.15, -0.1) is 12.4 Å². The average Bonchev–Trinajstić information content (AvgIpc) is 2.91. The van der Waals surface area contributed by atoms with Crippen LogP contribution in [-0.2, 0) is 0 Å². The van der Waals surface area contributed by atoms with Crippen molar-refractivity contribution in [1.29, 1.82) is 0 Å². The fourth-order valence-corrected chi connectivity index (χ4v) is 2.51. The van der Waals surface area contributed by atoms with Crippen LogP contribution in [-0.4, -0.2) is 30.5 Å². The maximum absolute atomic E-state index is 12.1. The summed E-state index contributed by atoms with van der Waals surface area (Å²) in [5, 5.41) is 17.0. The van der Waals surface area contributed by atoms with Crippen molar-refractivity contribution in [3.05, 3.63) is 39.4 Å². The second kappa shape index (κ2) is 7.95. The third-order valence-corrected chi connectivity index (χ3v) is 3.75. The number of carbonyl (C=O) groups excluding carboxylic acids is 1. The van der Waals surface area contributed by atoms with Crippen LogP contribution < -0.4 is 10.6 Å². The van der Waals surface area contributed by atoms with Gasteiger partial charge in [0.05, 0.1) is 4.92 Å². The minimum Gasteiger partial charge on any atom is -0.352 e. The summed E-state index contributed by atoms with van der Waals surface area (Å²) in [6, 6.07) is 4.58. The van der Waals surface area contributed by atoms with Crippen molar-refractivity contribution in [3.8, 4) is 0 Å². The zero-order valence-corrected chi connectivity index (χ0v) is 12.7. The van der Waals surface area contributed by atoms with Gasteiger partial charge in [0.2, 0.25) is 0 Å². The summed E-state index contributed by atoms with van der Waals surface area (Å²) in [5.74, 6) is 0.374. The smallest absolute Gasteiger partial charge is 0.273 e. The summed E-state index contributed by atoms with van der Waals surface area (Å²) in [5.41, 5.74) is 0.777. The fraction of sp³-hybridized carbons (Fsp3) is 0.500. The van der Waals surface area contributed by atoms with Crippen LogP contribution in [0, 0.1) is 23.0 Å². The molecule has 0 aromatic heterocycles. The van der Waals surface area contributed by atoms with E-state index in [2.05, 4.69) is 10.6 Å². The van der Waals surface area contributed by atoms with Gasteiger partial charge in [0.1, 0.15) is 0 Å². The van der Waals surface area contributed by atoms with E-state index in [4.69, 9.17) is 0 Å². The topological polar surface area (TPSA) is 84.3 Å². The van der Waals surface area contributed by atoms with Crippen LogP contribution >= 0.6 is 12.4 Å². The number of hydrogen-bond acceptors (Lipinski definition) is 4. The number of halogens is 1. The fourth-order valence-electron chi connectivity index (χ4n) is 2.51. The van der Waals surface area contributed by atoms with Crippen LogP contribution in [0.1, 0.15) is 28.8 Å². The molecule has 0 saturated carbocycles. The monoisotopic (exact) mass is 313 g/mol. The highest BCUT2D eigenvalue weighted by atomic mass is 35.5. The number of amides is 1. The maximum Gasteiger partial charge on any atom is 0.273 e. The van der Waals surface area contributed by atoms with E-state index in [-0.39, 0.29) is 24.0 Å². The summed E-state index contributed by atoms with van der Waals surface area (Å²) in [6.45, 7) is 4.26. The molecule has 2 rings (SSSR count). The van der Waals surface area contributed by atoms with Gasteiger partial charge in [-0.1, -0.05) is 6.07 Å². The number of nitrogens with zero attached hydrogens (tertiary/aromatic N) is 1. The molecular formula is C14H20ClN3O3. The Kier molecular flexibility index (Phi) is 6.58. The Morgan fingerprint density at radius 2 is 2.29 bits per heavy atom. The molecule has 0 spiro atoms. The van der Waals surface area contributed by atoms with E-state index in [1.165, 1.54) is 6.07 Å². The first kappa shape index (κ1) is 17.4. The van der Waals surface area contributed by atoms with E-state index >= 15 is 0 Å². The van der Waals surface area contributed by atoms with Gasteiger partial charge in [-0.2, -0.15) is 0 Å². The number of hydrogen-bond donors (Lipinski definition) is 2. The Labute approximate surface area is 129 Å². The number of nitro groups is 1. The quantitative estimate of drug-likeness (QED) is 0.643. The van der Waals surface area contributed by atoms with Crippen molar-refractivity contribution < 1.29 is 9.72 Å². The Hall–Kier alpha value is -1.66. The predicted octanol–water partition coefficient (Wildman–Crippen LogP) is 2.05. The number of carbonyl (C=O) groups is 1. The molecule has 1 unspecified atom stereocenters. The summed E-state index contributed by atoms with van der Waals surface area (Å²) in [6.07, 6.45) is 2.08. The molecular weight excluding hydrogens is 294 g/mol. The molecule has 0 radical (unpaired) electrons. The van der Waals surface area contributed by atoms with Gasteiger partial charge < -0.3 is 10.6 Å². The lowest BCUT2D eigenvalue weighted by Gasteiger charge is -2.10. The summed E-state index contributed by atoms with van der Waals surface area (Å²) in [7, 11) is 0. The molecule has 1 atom stereocenters. The van der Waals surface area contributed by atoms with Crippen molar-refractivity contribution in [2.75, 3.05) is 19.6 Å². The van der Waals surface area contributed by atoms with Crippen LogP contribution in [0.2, 0.25) is 0 Å². The SMILES string of the molecule is Cc1c(C(=O)NCCC2CCNC2)cccc1[N+](=O)[O-].Cl. The van der Waals surface area contributed by atoms with Crippen LogP contribution in [0.3, 0.4) is 0 Å². The minimum absolute atomic E-state index is 0. The first-order valence-electron chi connectivity index (χ1n) is 6.82. The normalized spacial score (nSPS) is 17.1. The highest BCUT2D eigenvalue weighted by Gasteiger charge is 2.18. The average molecular weight is 314 g/mol. The van der Waals surface area contributed by atoms with Gasteiger partial charge in [-0.05, 0) is 44.8 Å². The maximum atomic E-state index is 12.1. The molecule has 1 aliphatic rings. The van der Waals surface area contributed by atoms with Crippen LogP contribution in [0.25, 0.3) is 0 Å². The lowest BCUT2D eigenvalue weighted by molar-refractivity contribution is -0.385. The Morgan fingerprint density at radius 1 is 1.52 bits per heavy atom. The molecule has 116 valence electrons. The minimum atomic E-state index is -0.462. The standard InChI is InChI=1S/C14H19N3O3.ClH/c1-10-12(3-2-4-13(10)17(19)20)14(18)16-8-6-11-5-7-15-9-11;/h2-4,11,15H,5-9H2,1H3,(H,16,18);1H. The van der Waals surface area contributed by atoms with Gasteiger partial charge in [0, 0.05) is 23.7 Å². The molecule has 1 aliphatic heterocycles. The van der Waals surface area contributed by atoms with E-state index in [9.17, 15) is 14.9 Å². The molecule has 1 aromatic rings. The summed E-state index contributed by atoms with van der Waals surface area (Å²) >= 11 is 0. The number of nitro benzene ring substituents is 1. The largest absolute Gasteiger partial charge is 0.352 e. The molecule has 6 nitrogen and oxygen atoms in total. The molecule has 2 N–H and O–H groups in total. The molecule has 0 aliphatic carbocycles. The highest BCUT2D eigenvalue weighted by molar-refractivity contribution is 5.96. The van der Waals surface area contributed by atoms with Gasteiger partial charge in [-0.3, -0.25) is 14.9 Å². The number of nitrogens with one attached hydrogen (secondary N) is 2. The van der Waals surface area contributed by atoms with E-state index in [1.807, 2.05) is 0 Å². The zero-order chi connectivity index (χ0) is 14.5. The lowest BCUT2D eigenvalue weighted by atomic mass is 10.0. The van der Waals surface area contributed by atoms with Gasteiger partial charge in [-0.25, -0.2) is 0 Å². The first-order valence-corrected chi connectivity index (χ1v) is 6.82. The van der Waals surface area contributed by atoms with Crippen molar-refractivity contribution in [3.63, 3.8) is 0 Å². The Balaban J connectivity index is 0.00000220. The molecule has 1 amide bonds. The second-order valence-electron chi connectivity index (χ2n) is 5.11. The van der Waals surface area contributed by atoms with E-state index < -0.39 is 4.92 Å². The first-order chi connectivity index (χ1) is 9.59. The van der Waals surface area contributed by atoms with E-state index in [0.29, 0.717) is 23.6 Å². The number of rotatable bonds is 5. The third-order valence-electron chi connectivity index (χ3n) is 3.75. The van der Waals surface area contributed by atoms with Gasteiger partial charge >= 0.3 is 0 Å². The molecule has 1 fully saturated rings. The van der Waals surface area contributed by atoms with Crippen molar-refractivity contribution in [2.45, 2.75) is 19.8 Å². The van der Waals surface area contributed by atoms with Crippen LogP contribution in [0.5, 0.6) is 0 Å². The van der Waals surface area contributed by atoms with Crippen molar-refractivity contribution in [1.82, 2.24) is 10.6 Å². The molecule has 1 heterocycles. The Bertz CT molecular complexity index is 516. The lowest BCUT2D eigenvalue weighted by Crippen LogP contribution is -2.27. The third kappa shape index (κ3) is 4.41. The summed E-state index contributed by atoms with van der Waals surface area (Å²) < 4.78 is 0. The van der Waals surface area contributed by atoms with Gasteiger partial charge in [0.15, 0.2) is 0 Å². The van der Waals surface area contributed by atoms with Crippen molar-refractivity contribution >= 4 is 24.0 Å². The number of benzene rings is 1. The highest BCUT2D eigenvalue weighted by Crippen LogP contribution is 2.21. The molecule has 0 bridgehead atoms. The predicted molar refractivity (Wildman–Crippen MR) is 83.0 cm³/mol. The summed E-state index contributed by atoms with van der Waals surface area (Å²) in [4.78, 5) is 22.5. The van der Waals surface area contributed by atoms with Crippen LogP contribution in [0.4, 0.5) is 5.69 Å². The molecule has 1 aromatic carbocycles. The Morgan fingerprint density at radius 3 is 2.90 bits per heavy atom. The van der Waals surface area contributed by atoms with Crippen molar-refractivity contribution in [2.24, 2.45) is 5.92 Å².